The van der Waals surface area contributed by atoms with E-state index in [4.69, 9.17) is 10.00 Å². The number of hydrogen-bond acceptors (Lipinski definition) is 6. The lowest BCUT2D eigenvalue weighted by Crippen LogP contribution is -2.49. The van der Waals surface area contributed by atoms with Gasteiger partial charge in [0.05, 0.1) is 36.9 Å². The second-order valence-corrected chi connectivity index (χ2v) is 9.51. The fourth-order valence-corrected chi connectivity index (χ4v) is 4.87. The Hall–Kier alpha value is -3.96. The van der Waals surface area contributed by atoms with E-state index >= 15 is 0 Å². The number of aromatic nitrogens is 2. The third kappa shape index (κ3) is 7.28. The van der Waals surface area contributed by atoms with Gasteiger partial charge in [-0.25, -0.2) is 4.98 Å². The van der Waals surface area contributed by atoms with Gasteiger partial charge in [-0.05, 0) is 36.1 Å². The number of hydrogen-bond donors (Lipinski definition) is 1. The molecular weight excluding hydrogens is 466 g/mol. The van der Waals surface area contributed by atoms with Crippen LogP contribution in [0.3, 0.4) is 0 Å². The number of esters is 1. The predicted octanol–water partition coefficient (Wildman–Crippen LogP) is 2.82. The molecule has 3 aromatic rings. The minimum Gasteiger partial charge on any atom is -0.469 e. The van der Waals surface area contributed by atoms with Gasteiger partial charge in [-0.1, -0.05) is 42.5 Å². The summed E-state index contributed by atoms with van der Waals surface area (Å²) in [5.74, 6) is -0.860. The van der Waals surface area contributed by atoms with Crippen LogP contribution in [0.5, 0.6) is 0 Å². The Morgan fingerprint density at radius 1 is 1.05 bits per heavy atom. The lowest BCUT2D eigenvalue weighted by molar-refractivity contribution is -0.149. The highest BCUT2D eigenvalue weighted by molar-refractivity contribution is 5.80. The summed E-state index contributed by atoms with van der Waals surface area (Å²) < 4.78 is 7.06. The summed E-state index contributed by atoms with van der Waals surface area (Å²) >= 11 is 0. The molecule has 0 spiro atoms. The van der Waals surface area contributed by atoms with Crippen molar-refractivity contribution in [2.75, 3.05) is 33.3 Å². The van der Waals surface area contributed by atoms with Gasteiger partial charge in [0, 0.05) is 51.0 Å². The largest absolute Gasteiger partial charge is 0.469 e. The lowest BCUT2D eigenvalue weighted by atomic mass is 9.88. The zero-order valence-electron chi connectivity index (χ0n) is 21.2. The van der Waals surface area contributed by atoms with Gasteiger partial charge in [0.2, 0.25) is 5.91 Å². The van der Waals surface area contributed by atoms with E-state index in [1.54, 1.807) is 18.5 Å². The van der Waals surface area contributed by atoms with Crippen molar-refractivity contribution >= 4 is 11.9 Å². The van der Waals surface area contributed by atoms with Crippen molar-refractivity contribution in [3.63, 3.8) is 0 Å². The Labute approximate surface area is 217 Å². The maximum Gasteiger partial charge on any atom is 0.309 e. The molecule has 1 aliphatic heterocycles. The van der Waals surface area contributed by atoms with Crippen LogP contribution in [0.25, 0.3) is 0 Å². The SMILES string of the molecule is COC(=O)[C@H]1C[C@@H](C(=O)NCCc2cncn2Cc2ccc(C#N)cc2)CN(CCc2ccccc2)C1. The van der Waals surface area contributed by atoms with Crippen molar-refractivity contribution < 1.29 is 14.3 Å². The molecule has 8 heteroatoms. The minimum absolute atomic E-state index is 0.0310. The third-order valence-corrected chi connectivity index (χ3v) is 6.91. The van der Waals surface area contributed by atoms with Crippen LogP contribution < -0.4 is 5.32 Å². The summed E-state index contributed by atoms with van der Waals surface area (Å²) in [4.78, 5) is 31.9. The molecule has 4 rings (SSSR count). The predicted molar refractivity (Wildman–Crippen MR) is 139 cm³/mol. The Bertz CT molecular complexity index is 1220. The summed E-state index contributed by atoms with van der Waals surface area (Å²) in [5, 5.41) is 12.1. The second-order valence-electron chi connectivity index (χ2n) is 9.51. The van der Waals surface area contributed by atoms with Crippen LogP contribution in [0, 0.1) is 23.2 Å². The Kier molecular flexibility index (Phi) is 9.06. The van der Waals surface area contributed by atoms with E-state index in [2.05, 4.69) is 33.4 Å². The maximum absolute atomic E-state index is 13.1. The lowest BCUT2D eigenvalue weighted by Gasteiger charge is -2.36. The Morgan fingerprint density at radius 2 is 1.81 bits per heavy atom. The zero-order chi connectivity index (χ0) is 26.0. The number of rotatable bonds is 10. The number of nitriles is 1. The van der Waals surface area contributed by atoms with Gasteiger partial charge in [-0.15, -0.1) is 0 Å². The first kappa shape index (κ1) is 26.1. The molecular formula is C29H33N5O3. The molecule has 0 unspecified atom stereocenters. The highest BCUT2D eigenvalue weighted by Crippen LogP contribution is 2.24. The molecule has 0 saturated carbocycles. The van der Waals surface area contributed by atoms with Gasteiger partial charge in [0.25, 0.3) is 0 Å². The average Bonchev–Trinajstić information content (AvgIpc) is 3.38. The average molecular weight is 500 g/mol. The zero-order valence-corrected chi connectivity index (χ0v) is 21.2. The number of nitrogens with one attached hydrogen (secondary N) is 1. The van der Waals surface area contributed by atoms with Crippen LogP contribution in [-0.2, 0) is 33.7 Å². The molecule has 0 bridgehead atoms. The number of methoxy groups -OCH3 is 1. The van der Waals surface area contributed by atoms with Crippen LogP contribution in [-0.4, -0.2) is 59.6 Å². The maximum atomic E-state index is 13.1. The van der Waals surface area contributed by atoms with Gasteiger partial charge < -0.3 is 19.5 Å². The van der Waals surface area contributed by atoms with Crippen molar-refractivity contribution in [3.05, 3.63) is 89.5 Å². The van der Waals surface area contributed by atoms with E-state index in [9.17, 15) is 9.59 Å². The molecule has 1 saturated heterocycles. The molecule has 2 heterocycles. The van der Waals surface area contributed by atoms with Crippen LogP contribution in [0.15, 0.2) is 67.1 Å². The first-order valence-corrected chi connectivity index (χ1v) is 12.7. The number of carbonyl (C=O) groups excluding carboxylic acids is 2. The van der Waals surface area contributed by atoms with E-state index in [-0.39, 0.29) is 23.7 Å². The fraction of sp³-hybridized carbons (Fsp3) is 0.379. The molecule has 1 fully saturated rings. The van der Waals surface area contributed by atoms with Gasteiger partial charge in [0.1, 0.15) is 0 Å². The van der Waals surface area contributed by atoms with Crippen molar-refractivity contribution in [3.8, 4) is 6.07 Å². The van der Waals surface area contributed by atoms with E-state index in [0.717, 1.165) is 24.2 Å². The molecule has 0 aliphatic carbocycles. The molecule has 37 heavy (non-hydrogen) atoms. The topological polar surface area (TPSA) is 100 Å². The highest BCUT2D eigenvalue weighted by Gasteiger charge is 2.35. The normalized spacial score (nSPS) is 17.6. The van der Waals surface area contributed by atoms with Crippen molar-refractivity contribution in [2.24, 2.45) is 11.8 Å². The fourth-order valence-electron chi connectivity index (χ4n) is 4.87. The first-order chi connectivity index (χ1) is 18.1. The molecule has 8 nitrogen and oxygen atoms in total. The van der Waals surface area contributed by atoms with Crippen LogP contribution in [0.2, 0.25) is 0 Å². The van der Waals surface area contributed by atoms with Gasteiger partial charge in [0.15, 0.2) is 0 Å². The number of piperidine rings is 1. The third-order valence-electron chi connectivity index (χ3n) is 6.91. The van der Waals surface area contributed by atoms with E-state index in [1.165, 1.54) is 12.7 Å². The number of amides is 1. The molecule has 1 aliphatic rings. The van der Waals surface area contributed by atoms with Crippen molar-refractivity contribution in [1.29, 1.82) is 5.26 Å². The van der Waals surface area contributed by atoms with Crippen molar-refractivity contribution in [2.45, 2.75) is 25.8 Å². The summed E-state index contributed by atoms with van der Waals surface area (Å²) in [5.41, 5.74) is 3.97. The van der Waals surface area contributed by atoms with Gasteiger partial charge >= 0.3 is 5.97 Å². The smallest absolute Gasteiger partial charge is 0.309 e. The molecule has 1 N–H and O–H groups in total. The summed E-state index contributed by atoms with van der Waals surface area (Å²) in [6, 6.07) is 19.9. The van der Waals surface area contributed by atoms with E-state index in [0.29, 0.717) is 44.6 Å². The Balaban J connectivity index is 1.31. The van der Waals surface area contributed by atoms with Crippen LogP contribution in [0.1, 0.15) is 28.8 Å². The molecule has 2 aromatic carbocycles. The molecule has 1 aromatic heterocycles. The number of imidazole rings is 1. The minimum atomic E-state index is -0.306. The van der Waals surface area contributed by atoms with Crippen LogP contribution in [0.4, 0.5) is 0 Å². The number of benzene rings is 2. The summed E-state index contributed by atoms with van der Waals surface area (Å²) in [6.45, 7) is 3.16. The quantitative estimate of drug-likeness (QED) is 0.431. The number of carbonyl (C=O) groups is 2. The van der Waals surface area contributed by atoms with Crippen molar-refractivity contribution in [1.82, 2.24) is 19.8 Å². The molecule has 192 valence electrons. The molecule has 2 atom stereocenters. The summed E-state index contributed by atoms with van der Waals surface area (Å²) in [6.07, 6.45) is 5.60. The monoisotopic (exact) mass is 499 g/mol. The standard InChI is InChI=1S/C29H33N5O3/c1-37-29(36)26-15-25(19-33(20-26)14-12-22-5-3-2-4-6-22)28(35)32-13-11-27-17-31-21-34(27)18-24-9-7-23(16-30)8-10-24/h2-10,17,21,25-26H,11-15,18-20H2,1H3,(H,32,35)/t25-,26+/m1/s1. The van der Waals surface area contributed by atoms with Gasteiger partial charge in [-0.2, -0.15) is 5.26 Å². The van der Waals surface area contributed by atoms with E-state index in [1.807, 2.05) is 41.1 Å². The number of ether oxygens (including phenoxy) is 1. The summed E-state index contributed by atoms with van der Waals surface area (Å²) in [7, 11) is 1.40. The first-order valence-electron chi connectivity index (χ1n) is 12.7. The number of nitrogens with zero attached hydrogens (tertiary/aromatic N) is 4. The van der Waals surface area contributed by atoms with Gasteiger partial charge in [-0.3, -0.25) is 9.59 Å². The number of likely N-dealkylation sites (tertiary alicyclic amines) is 1. The van der Waals surface area contributed by atoms with Crippen LogP contribution >= 0.6 is 0 Å². The molecule has 0 radical (unpaired) electrons. The van der Waals surface area contributed by atoms with E-state index < -0.39 is 0 Å². The highest BCUT2D eigenvalue weighted by atomic mass is 16.5. The molecule has 1 amide bonds. The second kappa shape index (κ2) is 12.8. The Morgan fingerprint density at radius 3 is 2.54 bits per heavy atom.